The molecule has 2 rings (SSSR count). The largest absolute Gasteiger partial charge is 0.305 e. The first-order valence-corrected chi connectivity index (χ1v) is 6.13. The summed E-state index contributed by atoms with van der Waals surface area (Å²) >= 11 is 0. The van der Waals surface area contributed by atoms with Gasteiger partial charge in [0.25, 0.3) is 0 Å². The third-order valence-corrected chi connectivity index (χ3v) is 2.87. The lowest BCUT2D eigenvalue weighted by Gasteiger charge is -2.11. The molecule has 1 amide bonds. The monoisotopic (exact) mass is 232 g/mol. The molecule has 4 nitrogen and oxygen atoms in total. The van der Waals surface area contributed by atoms with Gasteiger partial charge in [-0.3, -0.25) is 4.79 Å². The van der Waals surface area contributed by atoms with Crippen molar-refractivity contribution in [3.8, 4) is 0 Å². The molecule has 0 bridgehead atoms. The molecule has 1 aliphatic rings. The highest BCUT2D eigenvalue weighted by Gasteiger charge is 2.10. The fourth-order valence-corrected chi connectivity index (χ4v) is 1.95. The number of hydrogen-bond acceptors (Lipinski definition) is 2. The molecule has 1 aromatic rings. The molecule has 0 spiro atoms. The second-order valence-corrected chi connectivity index (χ2v) is 4.32. The predicted octanol–water partition coefficient (Wildman–Crippen LogP) is 1.41. The summed E-state index contributed by atoms with van der Waals surface area (Å²) in [6.07, 6.45) is 9.47. The zero-order valence-electron chi connectivity index (χ0n) is 9.93. The normalized spacial score (nSPS) is 15.4. The minimum Gasteiger partial charge on any atom is -0.266 e. The number of pyridine rings is 1. The molecule has 90 valence electrons. The van der Waals surface area contributed by atoms with Gasteiger partial charge in [0.1, 0.15) is 0 Å². The van der Waals surface area contributed by atoms with Gasteiger partial charge in [-0.05, 0) is 25.7 Å². The van der Waals surface area contributed by atoms with Crippen molar-refractivity contribution in [2.75, 3.05) is 0 Å². The molecule has 0 saturated heterocycles. The van der Waals surface area contributed by atoms with E-state index in [0.717, 1.165) is 18.6 Å². The number of nitrogens with zero attached hydrogens (tertiary/aromatic N) is 2. The van der Waals surface area contributed by atoms with Gasteiger partial charge < -0.3 is 0 Å². The van der Waals surface area contributed by atoms with E-state index in [2.05, 4.69) is 10.5 Å². The van der Waals surface area contributed by atoms with Gasteiger partial charge in [-0.1, -0.05) is 12.5 Å². The average molecular weight is 232 g/mol. The van der Waals surface area contributed by atoms with Gasteiger partial charge in [0, 0.05) is 17.8 Å². The molecule has 0 radical (unpaired) electrons. The smallest absolute Gasteiger partial charge is 0.266 e. The van der Waals surface area contributed by atoms with Crippen LogP contribution in [-0.4, -0.2) is 11.6 Å². The standard InChI is InChI=1S/C13H17N3O/c17-13(11-16-9-5-2-6-10-16)15-14-12-7-3-1-4-8-12/h2,5-6,9-10H,1,3-4,7-8,11H2/p+1. The van der Waals surface area contributed by atoms with Crippen LogP contribution in [0.5, 0.6) is 0 Å². The predicted molar refractivity (Wildman–Crippen MR) is 65.3 cm³/mol. The molecule has 17 heavy (non-hydrogen) atoms. The lowest BCUT2D eigenvalue weighted by atomic mass is 9.99. The third kappa shape index (κ3) is 3.98. The van der Waals surface area contributed by atoms with E-state index >= 15 is 0 Å². The summed E-state index contributed by atoms with van der Waals surface area (Å²) < 4.78 is 1.83. The summed E-state index contributed by atoms with van der Waals surface area (Å²) in [6, 6.07) is 5.73. The van der Waals surface area contributed by atoms with Crippen LogP contribution >= 0.6 is 0 Å². The molecular weight excluding hydrogens is 214 g/mol. The number of carbonyl (C=O) groups excluding carboxylic acids is 1. The van der Waals surface area contributed by atoms with E-state index in [0.29, 0.717) is 6.54 Å². The minimum absolute atomic E-state index is 0.0701. The van der Waals surface area contributed by atoms with Crippen molar-refractivity contribution >= 4 is 11.6 Å². The minimum atomic E-state index is -0.0701. The Balaban J connectivity index is 1.81. The zero-order chi connectivity index (χ0) is 11.9. The van der Waals surface area contributed by atoms with Gasteiger partial charge >= 0.3 is 5.91 Å². The van der Waals surface area contributed by atoms with Crippen molar-refractivity contribution in [1.29, 1.82) is 0 Å². The molecular formula is C13H18N3O+. The molecule has 0 atom stereocenters. The fourth-order valence-electron chi connectivity index (χ4n) is 1.95. The molecule has 1 N–H and O–H groups in total. The average Bonchev–Trinajstić information content (AvgIpc) is 2.39. The molecule has 1 fully saturated rings. The van der Waals surface area contributed by atoms with Crippen LogP contribution in [0.3, 0.4) is 0 Å². The first-order valence-electron chi connectivity index (χ1n) is 6.13. The number of hydrazone groups is 1. The van der Waals surface area contributed by atoms with E-state index in [1.807, 2.05) is 35.2 Å². The van der Waals surface area contributed by atoms with Crippen LogP contribution in [0.4, 0.5) is 0 Å². The first kappa shape index (κ1) is 11.8. The summed E-state index contributed by atoms with van der Waals surface area (Å²) in [5.74, 6) is -0.0701. The van der Waals surface area contributed by atoms with Gasteiger partial charge in [-0.25, -0.2) is 5.43 Å². The third-order valence-electron chi connectivity index (χ3n) is 2.87. The second-order valence-electron chi connectivity index (χ2n) is 4.32. The topological polar surface area (TPSA) is 45.3 Å². The Bertz CT molecular complexity index is 392. The summed E-state index contributed by atoms with van der Waals surface area (Å²) in [4.78, 5) is 11.6. The van der Waals surface area contributed by atoms with Gasteiger partial charge in [0.2, 0.25) is 6.54 Å². The van der Waals surface area contributed by atoms with Crippen molar-refractivity contribution < 1.29 is 9.36 Å². The Morgan fingerprint density at radius 1 is 1.18 bits per heavy atom. The highest BCUT2D eigenvalue weighted by atomic mass is 16.2. The molecule has 1 heterocycles. The van der Waals surface area contributed by atoms with Gasteiger partial charge in [0.15, 0.2) is 12.4 Å². The van der Waals surface area contributed by atoms with E-state index in [-0.39, 0.29) is 5.91 Å². The van der Waals surface area contributed by atoms with E-state index in [9.17, 15) is 4.79 Å². The van der Waals surface area contributed by atoms with Crippen LogP contribution in [0.15, 0.2) is 35.7 Å². The Labute approximate surface area is 101 Å². The molecule has 4 heteroatoms. The van der Waals surface area contributed by atoms with E-state index in [1.165, 1.54) is 19.3 Å². The van der Waals surface area contributed by atoms with Crippen LogP contribution in [0.1, 0.15) is 32.1 Å². The molecule has 1 aliphatic carbocycles. The SMILES string of the molecule is O=C(C[n+]1ccccc1)NN=C1CCCCC1. The van der Waals surface area contributed by atoms with Crippen molar-refractivity contribution in [2.24, 2.45) is 5.10 Å². The Morgan fingerprint density at radius 3 is 2.59 bits per heavy atom. The Hall–Kier alpha value is -1.71. The first-order chi connectivity index (χ1) is 8.34. The Kier molecular flexibility index (Phi) is 4.24. The van der Waals surface area contributed by atoms with Crippen molar-refractivity contribution in [3.63, 3.8) is 0 Å². The van der Waals surface area contributed by atoms with E-state index in [1.54, 1.807) is 0 Å². The molecule has 1 aromatic heterocycles. The van der Waals surface area contributed by atoms with Crippen LogP contribution in [0, 0.1) is 0 Å². The number of hydrogen-bond donors (Lipinski definition) is 1. The molecule has 0 unspecified atom stereocenters. The molecule has 1 saturated carbocycles. The highest BCUT2D eigenvalue weighted by Crippen LogP contribution is 2.13. The van der Waals surface area contributed by atoms with Crippen molar-refractivity contribution in [3.05, 3.63) is 30.6 Å². The maximum atomic E-state index is 11.6. The number of aromatic nitrogens is 1. The summed E-state index contributed by atoms with van der Waals surface area (Å²) in [5, 5.41) is 4.18. The number of carbonyl (C=O) groups is 1. The summed E-state index contributed by atoms with van der Waals surface area (Å²) in [6.45, 7) is 0.317. The number of rotatable bonds is 3. The van der Waals surface area contributed by atoms with Crippen molar-refractivity contribution in [2.45, 2.75) is 38.6 Å². The molecule has 0 aliphatic heterocycles. The van der Waals surface area contributed by atoms with E-state index < -0.39 is 0 Å². The lowest BCUT2D eigenvalue weighted by molar-refractivity contribution is -0.684. The lowest BCUT2D eigenvalue weighted by Crippen LogP contribution is -2.41. The number of amides is 1. The van der Waals surface area contributed by atoms with Crippen LogP contribution in [0.25, 0.3) is 0 Å². The maximum Gasteiger partial charge on any atom is 0.305 e. The highest BCUT2D eigenvalue weighted by molar-refractivity contribution is 5.86. The second kappa shape index (κ2) is 6.13. The Morgan fingerprint density at radius 2 is 1.88 bits per heavy atom. The quantitative estimate of drug-likeness (QED) is 0.621. The van der Waals surface area contributed by atoms with Crippen LogP contribution < -0.4 is 9.99 Å². The van der Waals surface area contributed by atoms with Crippen molar-refractivity contribution in [1.82, 2.24) is 5.43 Å². The molecule has 0 aromatic carbocycles. The van der Waals surface area contributed by atoms with Gasteiger partial charge in [-0.15, -0.1) is 0 Å². The van der Waals surface area contributed by atoms with Gasteiger partial charge in [0.05, 0.1) is 0 Å². The van der Waals surface area contributed by atoms with E-state index in [4.69, 9.17) is 0 Å². The van der Waals surface area contributed by atoms with Crippen LogP contribution in [0.2, 0.25) is 0 Å². The van der Waals surface area contributed by atoms with Crippen LogP contribution in [-0.2, 0) is 11.3 Å². The number of nitrogens with one attached hydrogen (secondary N) is 1. The summed E-state index contributed by atoms with van der Waals surface area (Å²) in [7, 11) is 0. The van der Waals surface area contributed by atoms with Gasteiger partial charge in [-0.2, -0.15) is 9.67 Å². The zero-order valence-corrected chi connectivity index (χ0v) is 9.93. The fraction of sp³-hybridized carbons (Fsp3) is 0.462. The summed E-state index contributed by atoms with van der Waals surface area (Å²) in [5.41, 5.74) is 3.76. The maximum absolute atomic E-state index is 11.6.